The molecule has 0 saturated carbocycles. The third-order valence-electron chi connectivity index (χ3n) is 2.59. The normalized spacial score (nSPS) is 12.5. The largest absolute Gasteiger partial charge is 0.390 e. The van der Waals surface area contributed by atoms with E-state index in [1.54, 1.807) is 11.8 Å². The molecule has 0 amide bonds. The maximum Gasteiger partial charge on any atom is 0.214 e. The molecular weight excluding hydrogens is 292 g/mol. The van der Waals surface area contributed by atoms with E-state index in [-0.39, 0.29) is 6.61 Å². The summed E-state index contributed by atoms with van der Waals surface area (Å²) < 4.78 is 11.8. The molecule has 0 saturated heterocycles. The van der Waals surface area contributed by atoms with E-state index in [1.165, 1.54) is 11.8 Å². The Labute approximate surface area is 127 Å². The Balaban J connectivity index is 1.83. The molecule has 7 nitrogen and oxygen atoms in total. The fraction of sp³-hybridized carbons (Fsp3) is 0.462. The highest BCUT2D eigenvalue weighted by Crippen LogP contribution is 2.18. The number of thioether (sulfide) groups is 1. The van der Waals surface area contributed by atoms with Gasteiger partial charge in [0, 0.05) is 12.9 Å². The molecule has 0 aliphatic heterocycles. The minimum Gasteiger partial charge on any atom is -0.390 e. The Kier molecular flexibility index (Phi) is 6.61. The van der Waals surface area contributed by atoms with Crippen LogP contribution in [0.2, 0.25) is 0 Å². The summed E-state index contributed by atoms with van der Waals surface area (Å²) in [7, 11) is 1.61. The first kappa shape index (κ1) is 15.9. The van der Waals surface area contributed by atoms with Crippen LogP contribution in [0.1, 0.15) is 0 Å². The van der Waals surface area contributed by atoms with Crippen LogP contribution in [0.15, 0.2) is 35.5 Å². The van der Waals surface area contributed by atoms with Crippen LogP contribution in [0.3, 0.4) is 0 Å². The summed E-state index contributed by atoms with van der Waals surface area (Å²) in [5.74, 6) is 0.459. The number of aliphatic hydroxyl groups excluding tert-OH is 1. The van der Waals surface area contributed by atoms with Crippen LogP contribution in [-0.2, 0) is 9.47 Å². The van der Waals surface area contributed by atoms with Crippen molar-refractivity contribution < 1.29 is 14.6 Å². The first-order valence-corrected chi connectivity index (χ1v) is 7.51. The van der Waals surface area contributed by atoms with Gasteiger partial charge in [0.1, 0.15) is 0 Å². The second-order valence-electron chi connectivity index (χ2n) is 4.24. The second-order valence-corrected chi connectivity index (χ2v) is 5.23. The summed E-state index contributed by atoms with van der Waals surface area (Å²) in [5.41, 5.74) is 0.885. The summed E-state index contributed by atoms with van der Waals surface area (Å²) in [6.45, 7) is 1.26. The predicted molar refractivity (Wildman–Crippen MR) is 78.6 cm³/mol. The van der Waals surface area contributed by atoms with Gasteiger partial charge in [0.2, 0.25) is 5.16 Å². The summed E-state index contributed by atoms with van der Waals surface area (Å²) in [4.78, 5) is 0. The van der Waals surface area contributed by atoms with E-state index < -0.39 is 6.10 Å². The molecule has 1 aromatic heterocycles. The molecule has 1 aromatic carbocycles. The Hall–Kier alpha value is -1.48. The topological polar surface area (TPSA) is 82.3 Å². The van der Waals surface area contributed by atoms with Gasteiger partial charge in [-0.1, -0.05) is 30.0 Å². The monoisotopic (exact) mass is 310 g/mol. The molecule has 2 rings (SSSR count). The van der Waals surface area contributed by atoms with Gasteiger partial charge < -0.3 is 14.6 Å². The highest BCUT2D eigenvalue weighted by Gasteiger charge is 2.12. The van der Waals surface area contributed by atoms with Crippen molar-refractivity contribution in [3.63, 3.8) is 0 Å². The van der Waals surface area contributed by atoms with Gasteiger partial charge in [0.25, 0.3) is 0 Å². The van der Waals surface area contributed by atoms with Gasteiger partial charge in [0.15, 0.2) is 0 Å². The molecular formula is C13H18N4O3S. The van der Waals surface area contributed by atoms with Crippen molar-refractivity contribution in [3.05, 3.63) is 30.3 Å². The molecule has 1 unspecified atom stereocenters. The van der Waals surface area contributed by atoms with Crippen molar-refractivity contribution in [1.29, 1.82) is 0 Å². The Morgan fingerprint density at radius 3 is 2.86 bits per heavy atom. The number of hydrogen-bond acceptors (Lipinski definition) is 7. The van der Waals surface area contributed by atoms with Crippen LogP contribution in [0.5, 0.6) is 0 Å². The SMILES string of the molecule is COCCOCC(O)CSc1nnnn1-c1ccccc1. The minimum absolute atomic E-state index is 0.267. The molecule has 0 radical (unpaired) electrons. The summed E-state index contributed by atoms with van der Waals surface area (Å²) in [6.07, 6.45) is -0.576. The second kappa shape index (κ2) is 8.73. The van der Waals surface area contributed by atoms with Crippen molar-refractivity contribution in [2.24, 2.45) is 0 Å². The molecule has 1 N–H and O–H groups in total. The average molecular weight is 310 g/mol. The number of rotatable bonds is 9. The first-order chi connectivity index (χ1) is 10.3. The number of aromatic nitrogens is 4. The Morgan fingerprint density at radius 1 is 1.29 bits per heavy atom. The highest BCUT2D eigenvalue weighted by atomic mass is 32.2. The van der Waals surface area contributed by atoms with Crippen LogP contribution in [-0.4, -0.2) is 64.1 Å². The lowest BCUT2D eigenvalue weighted by atomic mass is 10.3. The quantitative estimate of drug-likeness (QED) is 0.541. The maximum absolute atomic E-state index is 9.84. The van der Waals surface area contributed by atoms with Crippen molar-refractivity contribution in [2.75, 3.05) is 32.7 Å². The summed E-state index contributed by atoms with van der Waals surface area (Å²) in [5, 5.41) is 22.1. The zero-order valence-electron chi connectivity index (χ0n) is 11.8. The van der Waals surface area contributed by atoms with Crippen LogP contribution in [0.4, 0.5) is 0 Å². The predicted octanol–water partition coefficient (Wildman–Crippen LogP) is 0.778. The maximum atomic E-state index is 9.84. The standard InChI is InChI=1S/C13H18N4O3S/c1-19-7-8-20-9-12(18)10-21-13-14-15-16-17(13)11-5-3-2-4-6-11/h2-6,12,18H,7-10H2,1H3. The molecule has 114 valence electrons. The van der Waals surface area contributed by atoms with Crippen molar-refractivity contribution in [2.45, 2.75) is 11.3 Å². The van der Waals surface area contributed by atoms with Gasteiger partial charge in [0.05, 0.1) is 31.6 Å². The Bertz CT molecular complexity index is 523. The number of hydrogen-bond donors (Lipinski definition) is 1. The molecule has 0 fully saturated rings. The number of ether oxygens (including phenoxy) is 2. The first-order valence-electron chi connectivity index (χ1n) is 6.52. The number of para-hydroxylation sites is 1. The summed E-state index contributed by atoms with van der Waals surface area (Å²) >= 11 is 1.39. The van der Waals surface area contributed by atoms with Gasteiger partial charge in [-0.3, -0.25) is 0 Å². The third kappa shape index (κ3) is 5.09. The van der Waals surface area contributed by atoms with E-state index >= 15 is 0 Å². The lowest BCUT2D eigenvalue weighted by molar-refractivity contribution is 0.0218. The van der Waals surface area contributed by atoms with E-state index in [4.69, 9.17) is 9.47 Å². The lowest BCUT2D eigenvalue weighted by Crippen LogP contribution is -2.19. The molecule has 1 heterocycles. The van der Waals surface area contributed by atoms with Gasteiger partial charge in [-0.25, -0.2) is 0 Å². The van der Waals surface area contributed by atoms with Gasteiger partial charge >= 0.3 is 0 Å². The fourth-order valence-corrected chi connectivity index (χ4v) is 2.38. The zero-order valence-corrected chi connectivity index (χ0v) is 12.6. The number of nitrogens with zero attached hydrogens (tertiary/aromatic N) is 4. The zero-order chi connectivity index (χ0) is 14.9. The summed E-state index contributed by atoms with van der Waals surface area (Å²) in [6, 6.07) is 9.62. The van der Waals surface area contributed by atoms with Crippen molar-refractivity contribution in [3.8, 4) is 5.69 Å². The van der Waals surface area contributed by atoms with E-state index in [0.717, 1.165) is 5.69 Å². The molecule has 1 atom stereocenters. The molecule has 0 aliphatic carbocycles. The lowest BCUT2D eigenvalue weighted by Gasteiger charge is -2.10. The van der Waals surface area contributed by atoms with Crippen LogP contribution < -0.4 is 0 Å². The number of benzene rings is 1. The van der Waals surface area contributed by atoms with Crippen LogP contribution in [0, 0.1) is 0 Å². The van der Waals surface area contributed by atoms with E-state index in [0.29, 0.717) is 24.1 Å². The number of tetrazole rings is 1. The van der Waals surface area contributed by atoms with Gasteiger partial charge in [-0.2, -0.15) is 4.68 Å². The van der Waals surface area contributed by atoms with Crippen LogP contribution in [0.25, 0.3) is 5.69 Å². The molecule has 0 spiro atoms. The van der Waals surface area contributed by atoms with Crippen molar-refractivity contribution in [1.82, 2.24) is 20.2 Å². The highest BCUT2D eigenvalue weighted by molar-refractivity contribution is 7.99. The van der Waals surface area contributed by atoms with Crippen LogP contribution >= 0.6 is 11.8 Å². The molecule has 2 aromatic rings. The molecule has 0 aliphatic rings. The molecule has 8 heteroatoms. The van der Waals surface area contributed by atoms with Gasteiger partial charge in [-0.15, -0.1) is 5.10 Å². The average Bonchev–Trinajstić information content (AvgIpc) is 2.99. The number of methoxy groups -OCH3 is 1. The Morgan fingerprint density at radius 2 is 2.10 bits per heavy atom. The van der Waals surface area contributed by atoms with E-state index in [9.17, 15) is 5.11 Å². The molecule has 0 bridgehead atoms. The third-order valence-corrected chi connectivity index (χ3v) is 3.65. The number of aliphatic hydroxyl groups is 1. The smallest absolute Gasteiger partial charge is 0.214 e. The minimum atomic E-state index is -0.576. The van der Waals surface area contributed by atoms with E-state index in [2.05, 4.69) is 15.5 Å². The van der Waals surface area contributed by atoms with Crippen molar-refractivity contribution >= 4 is 11.8 Å². The molecule has 21 heavy (non-hydrogen) atoms. The van der Waals surface area contributed by atoms with Gasteiger partial charge in [-0.05, 0) is 22.6 Å². The fourth-order valence-electron chi connectivity index (χ4n) is 1.58. The van der Waals surface area contributed by atoms with E-state index in [1.807, 2.05) is 30.3 Å².